The third-order valence-corrected chi connectivity index (χ3v) is 16.1. The first-order valence-electron chi connectivity index (χ1n) is 25.1. The lowest BCUT2D eigenvalue weighted by molar-refractivity contribution is -0.0601. The van der Waals surface area contributed by atoms with Gasteiger partial charge in [0.25, 0.3) is 11.5 Å². The number of phosphoric ester groups is 1. The number of carboxylic acids is 1. The summed E-state index contributed by atoms with van der Waals surface area (Å²) < 4.78 is 76.8. The summed E-state index contributed by atoms with van der Waals surface area (Å²) in [6, 6.07) is 15.9. The molecule has 35 heteroatoms. The fraction of sp³-hybridized carbons (Fsp3) is 0.320. The highest BCUT2D eigenvalue weighted by Gasteiger charge is 2.44. The summed E-state index contributed by atoms with van der Waals surface area (Å²) in [6.07, 6.45) is -3.37. The predicted molar refractivity (Wildman–Crippen MR) is 298 cm³/mol. The van der Waals surface area contributed by atoms with Gasteiger partial charge in [-0.05, 0) is 110 Å². The fourth-order valence-electron chi connectivity index (χ4n) is 8.73. The summed E-state index contributed by atoms with van der Waals surface area (Å²) in [7, 11) is -17.2. The van der Waals surface area contributed by atoms with Gasteiger partial charge in [0.1, 0.15) is 48.3 Å². The van der Waals surface area contributed by atoms with E-state index < -0.39 is 90.9 Å². The molecule has 1 saturated heterocycles. The minimum atomic E-state index is -5.88. The molecule has 1 aliphatic carbocycles. The molecule has 2 aliphatic heterocycles. The molecular formula is C50H52N11O21P3. The van der Waals surface area contributed by atoms with Gasteiger partial charge in [-0.25, -0.2) is 28.1 Å². The van der Waals surface area contributed by atoms with Crippen LogP contribution >= 0.6 is 23.5 Å². The topological polar surface area (TPSA) is 470 Å². The number of carboxylic acid groups (broad SMARTS) is 1. The van der Waals surface area contributed by atoms with E-state index in [0.29, 0.717) is 46.3 Å². The van der Waals surface area contributed by atoms with Crippen molar-refractivity contribution >= 4 is 58.0 Å². The van der Waals surface area contributed by atoms with Gasteiger partial charge in [0.15, 0.2) is 6.61 Å². The van der Waals surface area contributed by atoms with Gasteiger partial charge in [-0.15, -0.1) is 0 Å². The van der Waals surface area contributed by atoms with Crippen LogP contribution in [0.2, 0.25) is 0 Å². The van der Waals surface area contributed by atoms with E-state index in [1.807, 2.05) is 56.9 Å². The van der Waals surface area contributed by atoms with E-state index in [2.05, 4.69) is 60.7 Å². The zero-order chi connectivity index (χ0) is 61.8. The molecule has 1 amide bonds. The number of benzene rings is 4. The monoisotopic (exact) mass is 1240 g/mol. The Balaban J connectivity index is 1.01. The van der Waals surface area contributed by atoms with Crippen molar-refractivity contribution < 1.29 is 89.3 Å². The smallest absolute Gasteiger partial charge is 0.490 e. The minimum absolute atomic E-state index is 0.0435. The second kappa shape index (κ2) is 28.0. The molecule has 3 aliphatic rings. The van der Waals surface area contributed by atoms with Crippen molar-refractivity contribution in [3.05, 3.63) is 153 Å². The van der Waals surface area contributed by atoms with Gasteiger partial charge in [-0.2, -0.15) is 8.62 Å². The number of carbonyl (C=O) groups is 3. The molecular weight excluding hydrogens is 1180 g/mol. The molecule has 4 aromatic rings. The van der Waals surface area contributed by atoms with Crippen LogP contribution in [-0.2, 0) is 47.6 Å². The van der Waals surface area contributed by atoms with E-state index in [1.165, 1.54) is 36.4 Å². The van der Waals surface area contributed by atoms with Gasteiger partial charge in [-0.1, -0.05) is 22.1 Å². The number of aromatic amines is 1. The van der Waals surface area contributed by atoms with E-state index in [-0.39, 0.29) is 65.2 Å². The third kappa shape index (κ3) is 16.7. The van der Waals surface area contributed by atoms with Crippen LogP contribution in [0, 0.1) is 25.7 Å². The van der Waals surface area contributed by atoms with Crippen molar-refractivity contribution in [3.63, 3.8) is 0 Å². The Labute approximate surface area is 479 Å². The molecule has 448 valence electrons. The van der Waals surface area contributed by atoms with Crippen LogP contribution in [-0.4, -0.2) is 110 Å². The highest BCUT2D eigenvalue weighted by molar-refractivity contribution is 7.66. The number of anilines is 1. The first-order chi connectivity index (χ1) is 40.3. The first kappa shape index (κ1) is 64.1. The quantitative estimate of drug-likeness (QED) is 0.00425. The molecule has 32 nitrogen and oxygen atoms in total. The molecule has 1 fully saturated rings. The average molecular weight is 1240 g/mol. The zero-order valence-corrected chi connectivity index (χ0v) is 47.8. The van der Waals surface area contributed by atoms with E-state index in [0.717, 1.165) is 27.6 Å². The molecule has 3 aromatic carbocycles. The van der Waals surface area contributed by atoms with Crippen LogP contribution in [0.25, 0.3) is 54.3 Å². The Morgan fingerprint density at radius 1 is 0.918 bits per heavy atom. The van der Waals surface area contributed by atoms with Crippen LogP contribution in [0.5, 0.6) is 5.75 Å². The number of hydrogen-bond donors (Lipinski definition) is 8. The van der Waals surface area contributed by atoms with E-state index in [1.54, 1.807) is 0 Å². The summed E-state index contributed by atoms with van der Waals surface area (Å²) >= 11 is 0. The number of aromatic nitrogens is 2. The van der Waals surface area contributed by atoms with Gasteiger partial charge in [0.05, 0.1) is 42.3 Å². The maximum absolute atomic E-state index is 13.8. The number of fused-ring (bicyclic) bond motifs is 2. The standard InChI is InChI=1S/C50H52N11O21P3/c1-5-53-38-20-40-36(16-27(38)3)45(37-17-28(4)39(54-6-2)21-41(37)79-40)35-19-29(9-11-34(35)48(64)65)46(62)55-13-15-75-32-10-12-33(31(18-32)23-56-59-51)49(66)76-14-7-8-30-24-61(50(67)58-47(30)63)44-22-42(77-26-57-60-52)43(80-44)25-78-84(71,72)82-85(73,74)81-83(68,69)70/h9-12,16-21,24,42-44,53H,5-6,13-15,22-23,25-26H2,1-4H3,(H,55,62)(H,64,65)(H,71,72)(H,73,74)(H,58,63,67)(H2,68,69,70)/b54-39-/t42-,43-,44-/m1/s1. The normalized spacial score (nSPS) is 16.5. The Kier molecular flexibility index (Phi) is 21.1. The summed E-state index contributed by atoms with van der Waals surface area (Å²) in [5.74, 6) is 2.89. The maximum atomic E-state index is 13.8. The van der Waals surface area contributed by atoms with E-state index >= 15 is 0 Å². The number of aryl methyl sites for hydroxylation is 2. The van der Waals surface area contributed by atoms with E-state index in [9.17, 15) is 52.6 Å². The number of esters is 1. The third-order valence-electron chi connectivity index (χ3n) is 12.3. The Hall–Kier alpha value is -8.45. The predicted octanol–water partition coefficient (Wildman–Crippen LogP) is 6.83. The fourth-order valence-corrected chi connectivity index (χ4v) is 11.8. The molecule has 85 heavy (non-hydrogen) atoms. The molecule has 8 N–H and O–H groups in total. The second-order valence-electron chi connectivity index (χ2n) is 18.1. The first-order valence-corrected chi connectivity index (χ1v) is 29.6. The number of azide groups is 2. The van der Waals surface area contributed by atoms with E-state index in [4.69, 9.17) is 44.2 Å². The highest BCUT2D eigenvalue weighted by Crippen LogP contribution is 2.66. The lowest BCUT2D eigenvalue weighted by Crippen LogP contribution is -2.33. The number of nitrogens with one attached hydrogen (secondary N) is 3. The molecule has 0 saturated carbocycles. The molecule has 0 spiro atoms. The van der Waals surface area contributed by atoms with Crippen LogP contribution in [0.15, 0.2) is 96.1 Å². The van der Waals surface area contributed by atoms with Crippen molar-refractivity contribution in [3.8, 4) is 40.0 Å². The maximum Gasteiger partial charge on any atom is 0.490 e. The second-order valence-corrected chi connectivity index (χ2v) is 22.5. The molecule has 3 heterocycles. The lowest BCUT2D eigenvalue weighted by atomic mass is 9.88. The number of H-pyrrole nitrogens is 1. The summed E-state index contributed by atoms with van der Waals surface area (Å²) in [6.45, 7) is 6.11. The summed E-state index contributed by atoms with van der Waals surface area (Å²) in [5, 5.41) is 24.7. The van der Waals surface area contributed by atoms with Gasteiger partial charge in [0.2, 0.25) is 0 Å². The number of nitrogens with zero attached hydrogens (tertiary/aromatic N) is 8. The van der Waals surface area contributed by atoms with Crippen molar-refractivity contribution in [2.45, 2.75) is 59.1 Å². The summed E-state index contributed by atoms with van der Waals surface area (Å²) in [4.78, 5) is 115. The number of ether oxygens (including phenoxy) is 4. The number of carbonyl (C=O) groups excluding carboxylic acids is 2. The lowest BCUT2D eigenvalue weighted by Gasteiger charge is -2.20. The molecule has 7 rings (SSSR count). The average Bonchev–Trinajstić information content (AvgIpc) is 2.09. The van der Waals surface area contributed by atoms with Crippen LogP contribution < -0.4 is 32.0 Å². The van der Waals surface area contributed by atoms with Crippen LogP contribution in [0.4, 0.5) is 5.69 Å². The molecule has 1 aromatic heterocycles. The largest absolute Gasteiger partial charge is 0.492 e. The molecule has 5 atom stereocenters. The Morgan fingerprint density at radius 3 is 2.38 bits per heavy atom. The van der Waals surface area contributed by atoms with Gasteiger partial charge >= 0.3 is 41.1 Å². The van der Waals surface area contributed by atoms with Gasteiger partial charge in [0, 0.05) is 75.4 Å². The van der Waals surface area contributed by atoms with Crippen LogP contribution in [0.3, 0.4) is 0 Å². The van der Waals surface area contributed by atoms with Gasteiger partial charge < -0.3 is 58.7 Å². The Bertz CT molecular complexity index is 4070. The number of rotatable bonds is 25. The van der Waals surface area contributed by atoms with Crippen LogP contribution in [0.1, 0.15) is 79.8 Å². The van der Waals surface area contributed by atoms with Gasteiger partial charge in [-0.3, -0.25) is 28.7 Å². The Morgan fingerprint density at radius 2 is 1.67 bits per heavy atom. The summed E-state index contributed by atoms with van der Waals surface area (Å²) in [5.41, 5.74) is 20.1. The molecule has 2 unspecified atom stereocenters. The minimum Gasteiger partial charge on any atom is -0.492 e. The SMILES string of the molecule is CC/N=c1/cc2oc3cc(NCC)c(C)cc3c(-c3cc(C(=O)NCCOc4ccc(C(=O)OCC#Cc5cn([C@H]6C[C@@H](OCN=[N+]=[N-])[C@@H](COP(=O)(O)OP(=O)(O)OP(=O)(O)O)O6)c(=O)[nH]c5=O)c(CN=[N+]=[N-])c4)ccc3C(=O)O)c-2cc1C. The molecule has 0 bridgehead atoms. The number of phosphoric acid groups is 3. The highest BCUT2D eigenvalue weighted by atomic mass is 31.3. The molecule has 0 radical (unpaired) electrons. The van der Waals surface area contributed by atoms with Crippen molar-refractivity contribution in [2.75, 3.05) is 51.5 Å². The zero-order valence-electron chi connectivity index (χ0n) is 45.1. The van der Waals surface area contributed by atoms with Crippen molar-refractivity contribution in [1.82, 2.24) is 14.9 Å². The number of amides is 1. The van der Waals surface area contributed by atoms with Crippen molar-refractivity contribution in [1.29, 1.82) is 0 Å². The number of aromatic carboxylic acids is 1. The van der Waals surface area contributed by atoms with Crippen molar-refractivity contribution in [2.24, 2.45) is 15.2 Å². The number of hydrogen-bond acceptors (Lipinski definition) is 20.